The number of rotatable bonds is 43. The Morgan fingerprint density at radius 1 is 0.473 bits per heavy atom. The van der Waals surface area contributed by atoms with Crippen LogP contribution in [0.1, 0.15) is 232 Å². The van der Waals surface area contributed by atoms with E-state index in [4.69, 9.17) is 14.2 Å². The van der Waals surface area contributed by atoms with E-state index in [0.29, 0.717) is 12.8 Å². The number of nitrogens with zero attached hydrogens (tertiary/aromatic N) is 1. The van der Waals surface area contributed by atoms with Crippen LogP contribution in [0.3, 0.4) is 0 Å². The Balaban J connectivity index is 4.26. The molecule has 0 aliphatic carbocycles. The Kier molecular flexibility index (Phi) is 38.0. The number of esters is 2. The molecule has 0 saturated heterocycles. The summed E-state index contributed by atoms with van der Waals surface area (Å²) in [5.41, 5.74) is 0. The van der Waals surface area contributed by atoms with Crippen molar-refractivity contribution in [1.82, 2.24) is 0 Å². The number of hydrogen-bond donors (Lipinski definition) is 0. The summed E-state index contributed by atoms with van der Waals surface area (Å²) < 4.78 is 17.2. The number of unbranched alkanes of at least 4 members (excludes halogenated alkanes) is 29. The number of hydrogen-bond acceptors (Lipinski definition) is 7. The summed E-state index contributed by atoms with van der Waals surface area (Å²) >= 11 is 0. The fourth-order valence-electron chi connectivity index (χ4n) is 7.31. The van der Waals surface area contributed by atoms with Crippen LogP contribution in [0.15, 0.2) is 0 Å². The van der Waals surface area contributed by atoms with Crippen LogP contribution in [0.4, 0.5) is 0 Å². The Bertz CT molecular complexity index is 874. The minimum atomic E-state index is -1.12. The largest absolute Gasteiger partial charge is 0.544 e. The second kappa shape index (κ2) is 39.2. The summed E-state index contributed by atoms with van der Waals surface area (Å²) in [6.45, 7) is 4.71. The van der Waals surface area contributed by atoms with Gasteiger partial charge < -0.3 is 28.6 Å². The van der Waals surface area contributed by atoms with Crippen LogP contribution in [-0.2, 0) is 28.6 Å². The number of aliphatic carboxylic acids is 1. The molecule has 326 valence electrons. The average molecular weight is 782 g/mol. The van der Waals surface area contributed by atoms with E-state index in [-0.39, 0.29) is 42.7 Å². The fraction of sp³-hybridized carbons (Fsp3) is 0.936. The zero-order chi connectivity index (χ0) is 40.7. The van der Waals surface area contributed by atoms with E-state index in [1.54, 1.807) is 0 Å². The topological polar surface area (TPSA) is 102 Å². The van der Waals surface area contributed by atoms with Crippen LogP contribution < -0.4 is 5.11 Å². The van der Waals surface area contributed by atoms with Crippen molar-refractivity contribution in [2.75, 3.05) is 41.0 Å². The molecule has 0 aromatic heterocycles. The fourth-order valence-corrected chi connectivity index (χ4v) is 7.31. The first-order chi connectivity index (χ1) is 26.6. The molecule has 0 amide bonds. The van der Waals surface area contributed by atoms with E-state index >= 15 is 0 Å². The van der Waals surface area contributed by atoms with Crippen LogP contribution in [-0.4, -0.2) is 75.5 Å². The summed E-state index contributed by atoms with van der Waals surface area (Å²) in [5.74, 6) is -1.71. The van der Waals surface area contributed by atoms with E-state index in [1.165, 1.54) is 161 Å². The van der Waals surface area contributed by atoms with Crippen molar-refractivity contribution in [1.29, 1.82) is 0 Å². The predicted octanol–water partition coefficient (Wildman–Crippen LogP) is 11.6. The molecule has 0 aromatic carbocycles. The van der Waals surface area contributed by atoms with Crippen molar-refractivity contribution < 1.29 is 38.2 Å². The highest BCUT2D eigenvalue weighted by molar-refractivity contribution is 5.70. The number of likely N-dealkylation sites (N-methyl/N-ethyl adjacent to an activating group) is 1. The molecule has 0 spiro atoms. The van der Waals surface area contributed by atoms with Gasteiger partial charge in [-0.15, -0.1) is 0 Å². The number of carboxylic acid groups (broad SMARTS) is 1. The number of quaternary nitrogens is 1. The summed E-state index contributed by atoms with van der Waals surface area (Å²) in [6, 6.07) is -0.719. The molecule has 0 N–H and O–H groups in total. The van der Waals surface area contributed by atoms with Gasteiger partial charge in [-0.3, -0.25) is 9.59 Å². The van der Waals surface area contributed by atoms with E-state index in [1.807, 2.05) is 21.1 Å². The lowest BCUT2D eigenvalue weighted by Crippen LogP contribution is -2.55. The van der Waals surface area contributed by atoms with Crippen molar-refractivity contribution in [3.05, 3.63) is 0 Å². The highest BCUT2D eigenvalue weighted by atomic mass is 16.6. The van der Waals surface area contributed by atoms with Crippen molar-refractivity contribution in [3.8, 4) is 0 Å². The smallest absolute Gasteiger partial charge is 0.306 e. The maximum Gasteiger partial charge on any atom is 0.306 e. The maximum absolute atomic E-state index is 12.7. The second-order valence-corrected chi connectivity index (χ2v) is 17.4. The first-order valence-electron chi connectivity index (χ1n) is 23.6. The van der Waals surface area contributed by atoms with Gasteiger partial charge in [0.05, 0.1) is 40.3 Å². The molecule has 0 aromatic rings. The van der Waals surface area contributed by atoms with Crippen molar-refractivity contribution in [2.24, 2.45) is 0 Å². The van der Waals surface area contributed by atoms with E-state index in [0.717, 1.165) is 38.5 Å². The molecular formula is C47H91NO7. The summed E-state index contributed by atoms with van der Waals surface area (Å²) in [4.78, 5) is 36.9. The lowest BCUT2D eigenvalue weighted by molar-refractivity contribution is -0.889. The highest BCUT2D eigenvalue weighted by Crippen LogP contribution is 2.16. The highest BCUT2D eigenvalue weighted by Gasteiger charge is 2.25. The molecular weight excluding hydrogens is 691 g/mol. The third kappa shape index (κ3) is 37.7. The Morgan fingerprint density at radius 2 is 0.800 bits per heavy atom. The lowest BCUT2D eigenvalue weighted by atomic mass is 10.0. The molecule has 0 radical (unpaired) electrons. The van der Waals surface area contributed by atoms with E-state index < -0.39 is 18.1 Å². The van der Waals surface area contributed by atoms with Gasteiger partial charge in [-0.2, -0.15) is 0 Å². The average Bonchev–Trinajstić information content (AvgIpc) is 3.14. The lowest BCUT2D eigenvalue weighted by Gasteiger charge is -2.34. The van der Waals surface area contributed by atoms with Gasteiger partial charge in [0, 0.05) is 19.3 Å². The van der Waals surface area contributed by atoms with Gasteiger partial charge in [0.25, 0.3) is 0 Å². The molecule has 8 heteroatoms. The van der Waals surface area contributed by atoms with Crippen LogP contribution >= 0.6 is 0 Å². The summed E-state index contributed by atoms with van der Waals surface area (Å²) in [6.07, 6.45) is 39.7. The van der Waals surface area contributed by atoms with E-state index in [2.05, 4.69) is 13.8 Å². The molecule has 2 atom stereocenters. The van der Waals surface area contributed by atoms with Crippen LogP contribution in [0, 0.1) is 0 Å². The van der Waals surface area contributed by atoms with Gasteiger partial charge in [-0.25, -0.2) is 0 Å². The third-order valence-corrected chi connectivity index (χ3v) is 11.0. The van der Waals surface area contributed by atoms with Gasteiger partial charge >= 0.3 is 11.9 Å². The molecule has 55 heavy (non-hydrogen) atoms. The van der Waals surface area contributed by atoms with E-state index in [9.17, 15) is 19.5 Å². The van der Waals surface area contributed by atoms with Crippen molar-refractivity contribution in [2.45, 2.75) is 244 Å². The zero-order valence-corrected chi connectivity index (χ0v) is 37.1. The zero-order valence-electron chi connectivity index (χ0n) is 37.1. The Labute approximate surface area is 340 Å². The number of carboxylic acids is 1. The van der Waals surface area contributed by atoms with Crippen LogP contribution in [0.25, 0.3) is 0 Å². The second-order valence-electron chi connectivity index (χ2n) is 17.4. The van der Waals surface area contributed by atoms with Crippen molar-refractivity contribution in [3.63, 3.8) is 0 Å². The van der Waals surface area contributed by atoms with Crippen LogP contribution in [0.5, 0.6) is 0 Å². The van der Waals surface area contributed by atoms with Gasteiger partial charge in [-0.1, -0.05) is 200 Å². The molecule has 0 fully saturated rings. The molecule has 0 bridgehead atoms. The molecule has 0 aliphatic rings. The standard InChI is InChI=1S/C47H91NO7/c1-6-8-10-12-14-16-18-20-22-24-26-28-30-32-34-36-38-46(50)55-43(41-53-40-39-44(47(51)52)48(3,4)5)42-54-45(49)37-35-33-31-29-27-25-23-21-19-17-15-13-11-9-7-2/h43-44H,6-42H2,1-5H3. The van der Waals surface area contributed by atoms with Gasteiger partial charge in [-0.05, 0) is 12.8 Å². The molecule has 2 unspecified atom stereocenters. The molecule has 8 nitrogen and oxygen atoms in total. The molecule has 0 heterocycles. The molecule has 0 rings (SSSR count). The summed E-state index contributed by atoms with van der Waals surface area (Å²) in [5, 5.41) is 11.6. The number of ether oxygens (including phenoxy) is 3. The molecule has 0 saturated carbocycles. The first-order valence-corrected chi connectivity index (χ1v) is 23.6. The molecule has 0 aliphatic heterocycles. The number of carbonyl (C=O) groups excluding carboxylic acids is 3. The van der Waals surface area contributed by atoms with Crippen molar-refractivity contribution >= 4 is 17.9 Å². The Hall–Kier alpha value is -1.67. The van der Waals surface area contributed by atoms with Crippen LogP contribution in [0.2, 0.25) is 0 Å². The van der Waals surface area contributed by atoms with Gasteiger partial charge in [0.15, 0.2) is 6.10 Å². The predicted molar refractivity (Wildman–Crippen MR) is 227 cm³/mol. The SMILES string of the molecule is CCCCCCCCCCCCCCCCCCC(=O)OC(COCCC(C(=O)[O-])[N+](C)(C)C)COC(=O)CCCCCCCCCCCCCCCCC. The third-order valence-electron chi connectivity index (χ3n) is 11.0. The minimum absolute atomic E-state index is 0.0495. The normalized spacial score (nSPS) is 12.8. The quantitative estimate of drug-likeness (QED) is 0.0345. The van der Waals surface area contributed by atoms with Gasteiger partial charge in [0.1, 0.15) is 12.6 Å². The monoisotopic (exact) mass is 782 g/mol. The summed E-state index contributed by atoms with van der Waals surface area (Å²) in [7, 11) is 5.42. The van der Waals surface area contributed by atoms with Gasteiger partial charge in [0.2, 0.25) is 0 Å². The Morgan fingerprint density at radius 3 is 1.13 bits per heavy atom. The minimum Gasteiger partial charge on any atom is -0.544 e. The number of carbonyl (C=O) groups is 3. The first kappa shape index (κ1) is 53.3. The maximum atomic E-state index is 12.7.